The zero-order valence-corrected chi connectivity index (χ0v) is 15.5. The minimum Gasteiger partial charge on any atom is -0.382 e. The topological polar surface area (TPSA) is 27.7 Å². The number of rotatable bonds is 10. The van der Waals surface area contributed by atoms with E-state index in [1.165, 1.54) is 25.7 Å². The molecule has 0 aromatic carbocycles. The highest BCUT2D eigenvalue weighted by molar-refractivity contribution is 14.1. The first kappa shape index (κ1) is 18.7. The second kappa shape index (κ2) is 10.4. The number of hydrogen-bond donors (Lipinski definition) is 0. The first-order valence-electron chi connectivity index (χ1n) is 7.90. The van der Waals surface area contributed by atoms with Gasteiger partial charge in [-0.05, 0) is 43.9 Å². The Balaban J connectivity index is 2.16. The van der Waals surface area contributed by atoms with Crippen LogP contribution in [0.25, 0.3) is 0 Å². The van der Waals surface area contributed by atoms with E-state index in [2.05, 4.69) is 36.4 Å². The van der Waals surface area contributed by atoms with Crippen LogP contribution in [-0.2, 0) is 14.2 Å². The van der Waals surface area contributed by atoms with Gasteiger partial charge in [0.25, 0.3) is 0 Å². The van der Waals surface area contributed by atoms with Gasteiger partial charge in [-0.3, -0.25) is 0 Å². The van der Waals surface area contributed by atoms with Gasteiger partial charge in [0.1, 0.15) is 0 Å². The lowest BCUT2D eigenvalue weighted by Crippen LogP contribution is -2.40. The summed E-state index contributed by atoms with van der Waals surface area (Å²) >= 11 is 2.49. The minimum atomic E-state index is 0.137. The van der Waals surface area contributed by atoms with Crippen molar-refractivity contribution < 1.29 is 14.2 Å². The Morgan fingerprint density at radius 1 is 1.10 bits per heavy atom. The summed E-state index contributed by atoms with van der Waals surface area (Å²) in [6.45, 7) is 7.65. The molecule has 0 N–H and O–H groups in total. The van der Waals surface area contributed by atoms with Gasteiger partial charge in [0.05, 0.1) is 18.8 Å². The molecule has 0 spiro atoms. The Morgan fingerprint density at radius 3 is 2.35 bits per heavy atom. The standard InChI is InChI=1S/C16H31IO3/c1-14(2)15-5-7-16(13-17,8-6-15)20-10-4-9-19-12-11-18-3/h14-15H,4-13H2,1-3H3. The molecule has 0 unspecified atom stereocenters. The zero-order chi connectivity index (χ0) is 14.8. The van der Waals surface area contributed by atoms with E-state index in [-0.39, 0.29) is 5.60 Å². The Morgan fingerprint density at radius 2 is 1.80 bits per heavy atom. The van der Waals surface area contributed by atoms with E-state index in [9.17, 15) is 0 Å². The highest BCUT2D eigenvalue weighted by Crippen LogP contribution is 2.39. The molecule has 0 amide bonds. The van der Waals surface area contributed by atoms with Gasteiger partial charge in [-0.25, -0.2) is 0 Å². The molecule has 0 bridgehead atoms. The van der Waals surface area contributed by atoms with Gasteiger partial charge in [0.2, 0.25) is 0 Å². The Hall–Kier alpha value is 0.610. The molecule has 1 aliphatic rings. The van der Waals surface area contributed by atoms with Crippen LogP contribution in [0.4, 0.5) is 0 Å². The van der Waals surface area contributed by atoms with Crippen molar-refractivity contribution in [3.05, 3.63) is 0 Å². The molecular weight excluding hydrogens is 367 g/mol. The van der Waals surface area contributed by atoms with Gasteiger partial charge in [-0.2, -0.15) is 0 Å². The molecule has 0 saturated heterocycles. The van der Waals surface area contributed by atoms with Crippen molar-refractivity contribution in [2.45, 2.75) is 51.6 Å². The molecule has 120 valence electrons. The second-order valence-corrected chi connectivity index (χ2v) is 6.97. The largest absolute Gasteiger partial charge is 0.382 e. The summed E-state index contributed by atoms with van der Waals surface area (Å²) in [6.07, 6.45) is 6.08. The lowest BCUT2D eigenvalue weighted by Gasteiger charge is -2.40. The van der Waals surface area contributed by atoms with Crippen molar-refractivity contribution in [1.82, 2.24) is 0 Å². The molecule has 1 aliphatic carbocycles. The molecule has 0 atom stereocenters. The quantitative estimate of drug-likeness (QED) is 0.315. The average Bonchev–Trinajstić information content (AvgIpc) is 2.46. The van der Waals surface area contributed by atoms with E-state index in [1.807, 2.05) is 0 Å². The van der Waals surface area contributed by atoms with E-state index in [0.717, 1.165) is 35.9 Å². The van der Waals surface area contributed by atoms with Gasteiger partial charge in [0, 0.05) is 24.8 Å². The van der Waals surface area contributed by atoms with Crippen LogP contribution in [0.15, 0.2) is 0 Å². The molecule has 1 rings (SSSR count). The Kier molecular flexibility index (Phi) is 9.66. The summed E-state index contributed by atoms with van der Waals surface area (Å²) in [5, 5.41) is 0. The summed E-state index contributed by atoms with van der Waals surface area (Å²) in [5.41, 5.74) is 0.137. The van der Waals surface area contributed by atoms with Gasteiger partial charge < -0.3 is 14.2 Å². The molecular formula is C16H31IO3. The molecule has 1 saturated carbocycles. The fourth-order valence-corrected chi connectivity index (χ4v) is 3.83. The van der Waals surface area contributed by atoms with E-state index >= 15 is 0 Å². The molecule has 0 aromatic heterocycles. The summed E-state index contributed by atoms with van der Waals surface area (Å²) in [6, 6.07) is 0. The van der Waals surface area contributed by atoms with Gasteiger partial charge >= 0.3 is 0 Å². The van der Waals surface area contributed by atoms with Crippen LogP contribution in [-0.4, -0.2) is 43.6 Å². The fraction of sp³-hybridized carbons (Fsp3) is 1.00. The zero-order valence-electron chi connectivity index (χ0n) is 13.3. The van der Waals surface area contributed by atoms with E-state index in [4.69, 9.17) is 14.2 Å². The molecule has 0 aliphatic heterocycles. The SMILES string of the molecule is COCCOCCCOC1(CI)CCC(C(C)C)CC1. The molecule has 4 heteroatoms. The van der Waals surface area contributed by atoms with Crippen LogP contribution in [0, 0.1) is 11.8 Å². The number of ether oxygens (including phenoxy) is 3. The van der Waals surface area contributed by atoms with Crippen molar-refractivity contribution >= 4 is 22.6 Å². The van der Waals surface area contributed by atoms with Crippen LogP contribution < -0.4 is 0 Å². The molecule has 3 nitrogen and oxygen atoms in total. The first-order chi connectivity index (χ1) is 9.63. The molecule has 1 fully saturated rings. The highest BCUT2D eigenvalue weighted by atomic mass is 127. The number of alkyl halides is 1. The minimum absolute atomic E-state index is 0.137. The molecule has 0 aromatic rings. The van der Waals surface area contributed by atoms with Gasteiger partial charge in [-0.1, -0.05) is 36.4 Å². The summed E-state index contributed by atoms with van der Waals surface area (Å²) in [4.78, 5) is 0. The lowest BCUT2D eigenvalue weighted by atomic mass is 9.75. The average molecular weight is 398 g/mol. The van der Waals surface area contributed by atoms with Crippen LogP contribution in [0.2, 0.25) is 0 Å². The van der Waals surface area contributed by atoms with E-state index in [0.29, 0.717) is 13.2 Å². The van der Waals surface area contributed by atoms with Crippen LogP contribution in [0.3, 0.4) is 0 Å². The van der Waals surface area contributed by atoms with Crippen LogP contribution in [0.5, 0.6) is 0 Å². The van der Waals surface area contributed by atoms with E-state index in [1.54, 1.807) is 7.11 Å². The van der Waals surface area contributed by atoms with Gasteiger partial charge in [-0.15, -0.1) is 0 Å². The predicted octanol–water partition coefficient (Wildman–Crippen LogP) is 4.08. The smallest absolute Gasteiger partial charge is 0.0771 e. The number of hydrogen-bond acceptors (Lipinski definition) is 3. The maximum Gasteiger partial charge on any atom is 0.0771 e. The molecule has 20 heavy (non-hydrogen) atoms. The summed E-state index contributed by atoms with van der Waals surface area (Å²) in [5.74, 6) is 1.71. The van der Waals surface area contributed by atoms with Crippen molar-refractivity contribution in [3.63, 3.8) is 0 Å². The fourth-order valence-electron chi connectivity index (χ4n) is 2.84. The third-order valence-electron chi connectivity index (χ3n) is 4.40. The van der Waals surface area contributed by atoms with Gasteiger partial charge in [0.15, 0.2) is 0 Å². The normalized spacial score (nSPS) is 27.1. The molecule has 0 heterocycles. The number of halogens is 1. The van der Waals surface area contributed by atoms with Crippen LogP contribution >= 0.6 is 22.6 Å². The van der Waals surface area contributed by atoms with Crippen molar-refractivity contribution in [3.8, 4) is 0 Å². The van der Waals surface area contributed by atoms with Crippen molar-refractivity contribution in [2.24, 2.45) is 11.8 Å². The predicted molar refractivity (Wildman–Crippen MR) is 91.7 cm³/mol. The maximum absolute atomic E-state index is 6.24. The lowest BCUT2D eigenvalue weighted by molar-refractivity contribution is -0.0683. The Bertz CT molecular complexity index is 238. The van der Waals surface area contributed by atoms with Crippen LogP contribution in [0.1, 0.15) is 46.0 Å². The first-order valence-corrected chi connectivity index (χ1v) is 9.43. The summed E-state index contributed by atoms with van der Waals surface area (Å²) in [7, 11) is 1.70. The monoisotopic (exact) mass is 398 g/mol. The van der Waals surface area contributed by atoms with Crippen molar-refractivity contribution in [2.75, 3.05) is 38.0 Å². The second-order valence-electron chi connectivity index (χ2n) is 6.21. The molecule has 0 radical (unpaired) electrons. The maximum atomic E-state index is 6.24. The third kappa shape index (κ3) is 6.58. The summed E-state index contributed by atoms with van der Waals surface area (Å²) < 4.78 is 17.8. The van der Waals surface area contributed by atoms with Crippen molar-refractivity contribution in [1.29, 1.82) is 0 Å². The highest BCUT2D eigenvalue weighted by Gasteiger charge is 2.35. The van der Waals surface area contributed by atoms with E-state index < -0.39 is 0 Å². The third-order valence-corrected chi connectivity index (χ3v) is 5.79. The number of methoxy groups -OCH3 is 1. The Labute approximate surface area is 138 Å².